The SMILES string of the molecule is O=C(CN1CCCCCCC1=O)Nc1ccc(Nc2ccccc2)cc1. The molecular weight excluding hydrogens is 326 g/mol. The Balaban J connectivity index is 1.53. The molecule has 1 heterocycles. The fourth-order valence-corrected chi connectivity index (χ4v) is 3.08. The van der Waals surface area contributed by atoms with Gasteiger partial charge in [0.15, 0.2) is 0 Å². The van der Waals surface area contributed by atoms with E-state index in [1.807, 2.05) is 54.6 Å². The first-order valence-electron chi connectivity index (χ1n) is 9.20. The number of anilines is 3. The summed E-state index contributed by atoms with van der Waals surface area (Å²) in [6, 6.07) is 17.5. The van der Waals surface area contributed by atoms with Crippen molar-refractivity contribution in [3.63, 3.8) is 0 Å². The predicted octanol–water partition coefficient (Wildman–Crippen LogP) is 4.16. The number of amides is 2. The van der Waals surface area contributed by atoms with Crippen LogP contribution in [-0.2, 0) is 9.59 Å². The van der Waals surface area contributed by atoms with Crippen LogP contribution in [0.2, 0.25) is 0 Å². The van der Waals surface area contributed by atoms with Crippen LogP contribution < -0.4 is 10.6 Å². The van der Waals surface area contributed by atoms with Gasteiger partial charge in [0, 0.05) is 30.0 Å². The van der Waals surface area contributed by atoms with Crippen LogP contribution in [-0.4, -0.2) is 29.8 Å². The minimum absolute atomic E-state index is 0.0854. The number of nitrogens with zero attached hydrogens (tertiary/aromatic N) is 1. The molecule has 3 rings (SSSR count). The fourth-order valence-electron chi connectivity index (χ4n) is 3.08. The Morgan fingerprint density at radius 2 is 1.50 bits per heavy atom. The molecule has 0 aromatic heterocycles. The Labute approximate surface area is 154 Å². The lowest BCUT2D eigenvalue weighted by Gasteiger charge is -2.24. The Kier molecular flexibility index (Phi) is 6.25. The van der Waals surface area contributed by atoms with Crippen LogP contribution in [0.25, 0.3) is 0 Å². The van der Waals surface area contributed by atoms with Gasteiger partial charge >= 0.3 is 0 Å². The third-order valence-corrected chi connectivity index (χ3v) is 4.49. The average Bonchev–Trinajstić information content (AvgIpc) is 2.64. The number of benzene rings is 2. The van der Waals surface area contributed by atoms with E-state index >= 15 is 0 Å². The molecular formula is C21H25N3O2. The minimum Gasteiger partial charge on any atom is -0.356 e. The lowest BCUT2D eigenvalue weighted by atomic mass is 10.1. The van der Waals surface area contributed by atoms with Crippen LogP contribution >= 0.6 is 0 Å². The van der Waals surface area contributed by atoms with Gasteiger partial charge in [0.1, 0.15) is 0 Å². The molecule has 2 N–H and O–H groups in total. The number of rotatable bonds is 5. The molecule has 0 radical (unpaired) electrons. The van der Waals surface area contributed by atoms with Crippen LogP contribution in [0.4, 0.5) is 17.1 Å². The van der Waals surface area contributed by atoms with Crippen molar-refractivity contribution in [3.8, 4) is 0 Å². The zero-order valence-corrected chi connectivity index (χ0v) is 14.9. The molecule has 0 unspecified atom stereocenters. The van der Waals surface area contributed by atoms with E-state index in [1.54, 1.807) is 4.90 Å². The quantitative estimate of drug-likeness (QED) is 0.850. The maximum absolute atomic E-state index is 12.3. The Morgan fingerprint density at radius 1 is 0.846 bits per heavy atom. The first-order valence-corrected chi connectivity index (χ1v) is 9.20. The van der Waals surface area contributed by atoms with Gasteiger partial charge in [-0.25, -0.2) is 0 Å². The van der Waals surface area contributed by atoms with E-state index in [-0.39, 0.29) is 18.4 Å². The second-order valence-electron chi connectivity index (χ2n) is 6.60. The van der Waals surface area contributed by atoms with E-state index < -0.39 is 0 Å². The van der Waals surface area contributed by atoms with Gasteiger partial charge in [-0.2, -0.15) is 0 Å². The summed E-state index contributed by atoms with van der Waals surface area (Å²) in [7, 11) is 0. The van der Waals surface area contributed by atoms with E-state index in [2.05, 4.69) is 10.6 Å². The van der Waals surface area contributed by atoms with Crippen molar-refractivity contribution in [3.05, 3.63) is 54.6 Å². The van der Waals surface area contributed by atoms with E-state index in [0.29, 0.717) is 13.0 Å². The molecule has 0 aliphatic carbocycles. The van der Waals surface area contributed by atoms with Crippen molar-refractivity contribution < 1.29 is 9.59 Å². The zero-order valence-electron chi connectivity index (χ0n) is 14.9. The summed E-state index contributed by atoms with van der Waals surface area (Å²) < 4.78 is 0. The molecule has 5 heteroatoms. The smallest absolute Gasteiger partial charge is 0.243 e. The number of hydrogen-bond donors (Lipinski definition) is 2. The maximum Gasteiger partial charge on any atom is 0.243 e. The highest BCUT2D eigenvalue weighted by Gasteiger charge is 2.18. The second kappa shape index (κ2) is 9.04. The zero-order chi connectivity index (χ0) is 18.2. The van der Waals surface area contributed by atoms with Crippen molar-refractivity contribution in [1.29, 1.82) is 0 Å². The Morgan fingerprint density at radius 3 is 2.27 bits per heavy atom. The first-order chi connectivity index (χ1) is 12.7. The molecule has 2 aromatic carbocycles. The van der Waals surface area contributed by atoms with Crippen LogP contribution in [0, 0.1) is 0 Å². The van der Waals surface area contributed by atoms with E-state index in [9.17, 15) is 9.59 Å². The monoisotopic (exact) mass is 351 g/mol. The van der Waals surface area contributed by atoms with Crippen LogP contribution in [0.15, 0.2) is 54.6 Å². The summed E-state index contributed by atoms with van der Waals surface area (Å²) in [5.74, 6) is -0.0649. The van der Waals surface area contributed by atoms with Gasteiger partial charge in [0.05, 0.1) is 6.54 Å². The summed E-state index contributed by atoms with van der Waals surface area (Å²) in [5, 5.41) is 6.18. The number of hydrogen-bond acceptors (Lipinski definition) is 3. The Bertz CT molecular complexity index is 729. The maximum atomic E-state index is 12.3. The molecule has 1 aliphatic heterocycles. The molecule has 0 saturated carbocycles. The topological polar surface area (TPSA) is 61.4 Å². The van der Waals surface area contributed by atoms with Crippen LogP contribution in [0.5, 0.6) is 0 Å². The lowest BCUT2D eigenvalue weighted by molar-refractivity contribution is -0.135. The van der Waals surface area contributed by atoms with Gasteiger partial charge in [0.25, 0.3) is 0 Å². The van der Waals surface area contributed by atoms with Crippen LogP contribution in [0.1, 0.15) is 32.1 Å². The van der Waals surface area contributed by atoms with Crippen molar-refractivity contribution in [1.82, 2.24) is 4.90 Å². The molecule has 0 spiro atoms. The number of nitrogens with one attached hydrogen (secondary N) is 2. The van der Waals surface area contributed by atoms with E-state index in [4.69, 9.17) is 0 Å². The third-order valence-electron chi connectivity index (χ3n) is 4.49. The summed E-state index contributed by atoms with van der Waals surface area (Å²) in [4.78, 5) is 26.1. The number of para-hydroxylation sites is 1. The van der Waals surface area contributed by atoms with Crippen molar-refractivity contribution in [2.45, 2.75) is 32.1 Å². The molecule has 0 atom stereocenters. The van der Waals surface area contributed by atoms with Crippen molar-refractivity contribution in [2.75, 3.05) is 23.7 Å². The molecule has 2 amide bonds. The highest BCUT2D eigenvalue weighted by molar-refractivity contribution is 5.94. The normalized spacial score (nSPS) is 15.1. The van der Waals surface area contributed by atoms with Gasteiger partial charge in [-0.3, -0.25) is 9.59 Å². The summed E-state index contributed by atoms with van der Waals surface area (Å²) >= 11 is 0. The van der Waals surface area contributed by atoms with Gasteiger partial charge in [0.2, 0.25) is 11.8 Å². The van der Waals surface area contributed by atoms with E-state index in [1.165, 1.54) is 0 Å². The standard InChI is InChI=1S/C21H25N3O2/c25-20(16-24-15-7-2-1-6-10-21(24)26)23-19-13-11-18(12-14-19)22-17-8-4-3-5-9-17/h3-5,8-9,11-14,22H,1-2,6-7,10,15-16H2,(H,23,25). The highest BCUT2D eigenvalue weighted by atomic mass is 16.2. The van der Waals surface area contributed by atoms with Crippen molar-refractivity contribution >= 4 is 28.9 Å². The van der Waals surface area contributed by atoms with Gasteiger partial charge in [-0.1, -0.05) is 31.0 Å². The van der Waals surface area contributed by atoms with E-state index in [0.717, 1.165) is 42.7 Å². The lowest BCUT2D eigenvalue weighted by Crippen LogP contribution is -2.39. The largest absolute Gasteiger partial charge is 0.356 e. The number of carbonyl (C=O) groups excluding carboxylic acids is 2. The minimum atomic E-state index is -0.150. The summed E-state index contributed by atoms with van der Waals surface area (Å²) in [5.41, 5.74) is 2.70. The second-order valence-corrected chi connectivity index (χ2v) is 6.60. The molecule has 1 saturated heterocycles. The third kappa shape index (κ3) is 5.34. The predicted molar refractivity (Wildman–Crippen MR) is 104 cm³/mol. The fraction of sp³-hybridized carbons (Fsp3) is 0.333. The first kappa shape index (κ1) is 18.0. The van der Waals surface area contributed by atoms with Crippen molar-refractivity contribution in [2.24, 2.45) is 0 Å². The summed E-state index contributed by atoms with van der Waals surface area (Å²) in [6.07, 6.45) is 4.68. The van der Waals surface area contributed by atoms with Gasteiger partial charge < -0.3 is 15.5 Å². The molecule has 1 aliphatic rings. The summed E-state index contributed by atoms with van der Waals surface area (Å²) in [6.45, 7) is 0.801. The molecule has 0 bridgehead atoms. The molecule has 136 valence electrons. The average molecular weight is 351 g/mol. The molecule has 1 fully saturated rings. The van der Waals surface area contributed by atoms with Gasteiger partial charge in [-0.15, -0.1) is 0 Å². The molecule has 26 heavy (non-hydrogen) atoms. The number of likely N-dealkylation sites (tertiary alicyclic amines) is 1. The molecule has 5 nitrogen and oxygen atoms in total. The molecule has 2 aromatic rings. The van der Waals surface area contributed by atoms with Gasteiger partial charge in [-0.05, 0) is 49.2 Å². The number of carbonyl (C=O) groups is 2. The highest BCUT2D eigenvalue weighted by Crippen LogP contribution is 2.19. The Hall–Kier alpha value is -2.82. The van der Waals surface area contributed by atoms with Crippen LogP contribution in [0.3, 0.4) is 0 Å².